The summed E-state index contributed by atoms with van der Waals surface area (Å²) < 4.78 is 10.7. The van der Waals surface area contributed by atoms with Crippen LogP contribution in [0.5, 0.6) is 0 Å². The fourth-order valence-electron chi connectivity index (χ4n) is 2.56. The van der Waals surface area contributed by atoms with Gasteiger partial charge in [0, 0.05) is 13.1 Å². The summed E-state index contributed by atoms with van der Waals surface area (Å²) in [6.07, 6.45) is -0.138. The van der Waals surface area contributed by atoms with E-state index in [1.807, 2.05) is 51.1 Å². The molecular weight excluding hydrogens is 308 g/mol. The number of likely N-dealkylation sites (N-methyl/N-ethyl adjacent to an activating group) is 1. The number of ether oxygens (including phenoxy) is 2. The maximum Gasteiger partial charge on any atom is 0.410 e. The largest absolute Gasteiger partial charge is 0.461 e. The highest BCUT2D eigenvalue weighted by atomic mass is 16.6. The first kappa shape index (κ1) is 18.3. The van der Waals surface area contributed by atoms with E-state index in [0.717, 1.165) is 5.56 Å². The Bertz CT molecular complexity index is 574. The number of hydrogen-bond acceptors (Lipinski definition) is 5. The first-order chi connectivity index (χ1) is 11.2. The molecule has 2 rings (SSSR count). The van der Waals surface area contributed by atoms with Crippen LogP contribution in [0.1, 0.15) is 32.8 Å². The van der Waals surface area contributed by atoms with E-state index in [1.54, 1.807) is 11.9 Å². The average Bonchev–Trinajstić information content (AvgIpc) is 2.47. The van der Waals surface area contributed by atoms with Crippen LogP contribution in [0.2, 0.25) is 0 Å². The van der Waals surface area contributed by atoms with Crippen molar-refractivity contribution in [2.24, 2.45) is 0 Å². The molecule has 132 valence electrons. The van der Waals surface area contributed by atoms with Crippen LogP contribution in [0, 0.1) is 0 Å². The molecule has 1 aliphatic rings. The molecule has 6 nitrogen and oxygen atoms in total. The Kier molecular flexibility index (Phi) is 5.49. The minimum absolute atomic E-state index is 0.218. The van der Waals surface area contributed by atoms with Crippen molar-refractivity contribution in [2.75, 3.05) is 20.1 Å². The Balaban J connectivity index is 1.80. The van der Waals surface area contributed by atoms with Crippen molar-refractivity contribution in [3.05, 3.63) is 35.9 Å². The van der Waals surface area contributed by atoms with Gasteiger partial charge in [0.25, 0.3) is 0 Å². The van der Waals surface area contributed by atoms with Crippen LogP contribution < -0.4 is 5.32 Å². The number of rotatable bonds is 5. The molecule has 0 aliphatic carbocycles. The standard InChI is InChI=1S/C18H26N2O4/c1-17(2,3)24-16(22)20-12-18(13-20,19-4)10-15(21)23-11-14-8-6-5-7-9-14/h5-9,19H,10-13H2,1-4H3. The summed E-state index contributed by atoms with van der Waals surface area (Å²) in [4.78, 5) is 25.7. The van der Waals surface area contributed by atoms with Crippen molar-refractivity contribution in [1.29, 1.82) is 0 Å². The molecular formula is C18H26N2O4. The molecule has 6 heteroatoms. The number of hydrogen-bond donors (Lipinski definition) is 1. The number of likely N-dealkylation sites (tertiary alicyclic amines) is 1. The molecule has 1 aromatic rings. The molecule has 0 atom stereocenters. The third-order valence-electron chi connectivity index (χ3n) is 3.89. The number of amides is 1. The van der Waals surface area contributed by atoms with E-state index in [0.29, 0.717) is 13.1 Å². The fraction of sp³-hybridized carbons (Fsp3) is 0.556. The van der Waals surface area contributed by atoms with E-state index in [-0.39, 0.29) is 25.1 Å². The second kappa shape index (κ2) is 7.21. The number of nitrogens with one attached hydrogen (secondary N) is 1. The fourth-order valence-corrected chi connectivity index (χ4v) is 2.56. The molecule has 0 bridgehead atoms. The van der Waals surface area contributed by atoms with Crippen molar-refractivity contribution in [2.45, 2.75) is 44.9 Å². The third kappa shape index (κ3) is 4.96. The smallest absolute Gasteiger partial charge is 0.410 e. The van der Waals surface area contributed by atoms with E-state index in [9.17, 15) is 9.59 Å². The molecule has 0 unspecified atom stereocenters. The lowest BCUT2D eigenvalue weighted by molar-refractivity contribution is -0.148. The van der Waals surface area contributed by atoms with Crippen LogP contribution in [0.15, 0.2) is 30.3 Å². The van der Waals surface area contributed by atoms with Gasteiger partial charge < -0.3 is 19.7 Å². The van der Waals surface area contributed by atoms with Gasteiger partial charge in [-0.2, -0.15) is 0 Å². The average molecular weight is 334 g/mol. The molecule has 1 heterocycles. The van der Waals surface area contributed by atoms with Gasteiger partial charge in [0.15, 0.2) is 0 Å². The Morgan fingerprint density at radius 2 is 1.83 bits per heavy atom. The zero-order chi connectivity index (χ0) is 17.8. The Hall–Kier alpha value is -2.08. The molecule has 0 radical (unpaired) electrons. The summed E-state index contributed by atoms with van der Waals surface area (Å²) in [6, 6.07) is 9.55. The lowest BCUT2D eigenvalue weighted by Crippen LogP contribution is -2.70. The van der Waals surface area contributed by atoms with E-state index in [1.165, 1.54) is 0 Å². The van der Waals surface area contributed by atoms with Gasteiger partial charge in [-0.05, 0) is 33.4 Å². The predicted molar refractivity (Wildman–Crippen MR) is 90.5 cm³/mol. The van der Waals surface area contributed by atoms with Crippen molar-refractivity contribution in [1.82, 2.24) is 10.2 Å². The highest BCUT2D eigenvalue weighted by Crippen LogP contribution is 2.27. The summed E-state index contributed by atoms with van der Waals surface area (Å²) in [6.45, 7) is 6.61. The van der Waals surface area contributed by atoms with Crippen LogP contribution in [-0.4, -0.2) is 48.2 Å². The summed E-state index contributed by atoms with van der Waals surface area (Å²) >= 11 is 0. The van der Waals surface area contributed by atoms with Crippen LogP contribution in [0.4, 0.5) is 4.79 Å². The van der Waals surface area contributed by atoms with Gasteiger partial charge in [0.05, 0.1) is 12.0 Å². The number of nitrogens with zero attached hydrogens (tertiary/aromatic N) is 1. The SMILES string of the molecule is CNC1(CC(=O)OCc2ccccc2)CN(C(=O)OC(C)(C)C)C1. The molecule has 1 saturated heterocycles. The molecule has 1 aromatic carbocycles. The van der Waals surface area contributed by atoms with Gasteiger partial charge in [-0.15, -0.1) is 0 Å². The summed E-state index contributed by atoms with van der Waals surface area (Å²) in [5.74, 6) is -0.281. The molecule has 0 saturated carbocycles. The van der Waals surface area contributed by atoms with E-state index in [4.69, 9.17) is 9.47 Å². The zero-order valence-corrected chi connectivity index (χ0v) is 14.8. The minimum atomic E-state index is -0.524. The first-order valence-electron chi connectivity index (χ1n) is 8.09. The van der Waals surface area contributed by atoms with E-state index >= 15 is 0 Å². The predicted octanol–water partition coefficient (Wildman–Crippen LogP) is 2.33. The molecule has 1 N–H and O–H groups in total. The summed E-state index contributed by atoms with van der Waals surface area (Å²) in [5, 5.41) is 3.14. The number of carbonyl (C=O) groups excluding carboxylic acids is 2. The second-order valence-corrected chi connectivity index (χ2v) is 7.19. The van der Waals surface area contributed by atoms with Gasteiger partial charge in [-0.3, -0.25) is 4.79 Å². The van der Waals surface area contributed by atoms with Crippen LogP contribution in [0.3, 0.4) is 0 Å². The van der Waals surface area contributed by atoms with Crippen molar-refractivity contribution >= 4 is 12.1 Å². The summed E-state index contributed by atoms with van der Waals surface area (Å²) in [5.41, 5.74) is -0.0118. The van der Waals surface area contributed by atoms with Crippen LogP contribution >= 0.6 is 0 Å². The van der Waals surface area contributed by atoms with Gasteiger partial charge in [-0.1, -0.05) is 30.3 Å². The van der Waals surface area contributed by atoms with Gasteiger partial charge >= 0.3 is 12.1 Å². The Morgan fingerprint density at radius 3 is 2.38 bits per heavy atom. The van der Waals surface area contributed by atoms with Crippen LogP contribution in [-0.2, 0) is 20.9 Å². The Labute approximate surface area is 143 Å². The minimum Gasteiger partial charge on any atom is -0.461 e. The van der Waals surface area contributed by atoms with Gasteiger partial charge in [0.1, 0.15) is 12.2 Å². The molecule has 24 heavy (non-hydrogen) atoms. The number of benzene rings is 1. The van der Waals surface area contributed by atoms with Crippen molar-refractivity contribution in [3.63, 3.8) is 0 Å². The molecule has 0 spiro atoms. The lowest BCUT2D eigenvalue weighted by Gasteiger charge is -2.49. The maximum absolute atomic E-state index is 12.1. The van der Waals surface area contributed by atoms with Gasteiger partial charge in [0.2, 0.25) is 0 Å². The zero-order valence-electron chi connectivity index (χ0n) is 14.8. The molecule has 0 aromatic heterocycles. The monoisotopic (exact) mass is 334 g/mol. The lowest BCUT2D eigenvalue weighted by atomic mass is 9.87. The first-order valence-corrected chi connectivity index (χ1v) is 8.09. The topological polar surface area (TPSA) is 67.9 Å². The number of carbonyl (C=O) groups is 2. The maximum atomic E-state index is 12.1. The molecule has 1 amide bonds. The quantitative estimate of drug-likeness (QED) is 0.837. The van der Waals surface area contributed by atoms with Crippen molar-refractivity contribution < 1.29 is 19.1 Å². The Morgan fingerprint density at radius 1 is 1.21 bits per heavy atom. The number of esters is 1. The van der Waals surface area contributed by atoms with Gasteiger partial charge in [-0.25, -0.2) is 4.79 Å². The summed E-state index contributed by atoms with van der Waals surface area (Å²) in [7, 11) is 1.79. The third-order valence-corrected chi connectivity index (χ3v) is 3.89. The van der Waals surface area contributed by atoms with E-state index in [2.05, 4.69) is 5.32 Å². The highest BCUT2D eigenvalue weighted by Gasteiger charge is 2.47. The van der Waals surface area contributed by atoms with Crippen molar-refractivity contribution in [3.8, 4) is 0 Å². The normalized spacial score (nSPS) is 16.2. The van der Waals surface area contributed by atoms with Crippen LogP contribution in [0.25, 0.3) is 0 Å². The second-order valence-electron chi connectivity index (χ2n) is 7.19. The molecule has 1 aliphatic heterocycles. The molecule has 1 fully saturated rings. The highest BCUT2D eigenvalue weighted by molar-refractivity contribution is 5.74. The van der Waals surface area contributed by atoms with E-state index < -0.39 is 11.1 Å².